The van der Waals surface area contributed by atoms with E-state index < -0.39 is 23.7 Å². The molecule has 4 amide bonds. The Morgan fingerprint density at radius 3 is 2.44 bits per heavy atom. The summed E-state index contributed by atoms with van der Waals surface area (Å²) in [5, 5.41) is 13.9. The van der Waals surface area contributed by atoms with Crippen LogP contribution in [0.25, 0.3) is 0 Å². The lowest BCUT2D eigenvalue weighted by Crippen LogP contribution is -2.55. The second-order valence-electron chi connectivity index (χ2n) is 11.4. The van der Waals surface area contributed by atoms with Crippen LogP contribution in [-0.4, -0.2) is 112 Å². The van der Waals surface area contributed by atoms with Gasteiger partial charge in [-0.3, -0.25) is 14.6 Å². The van der Waals surface area contributed by atoms with Crippen molar-refractivity contribution in [3.8, 4) is 12.3 Å². The van der Waals surface area contributed by atoms with E-state index >= 15 is 0 Å². The highest BCUT2D eigenvalue weighted by Crippen LogP contribution is 2.34. The number of nitrogens with zero attached hydrogens (tertiary/aromatic N) is 6. The maximum absolute atomic E-state index is 13.7. The van der Waals surface area contributed by atoms with E-state index in [0.29, 0.717) is 43.0 Å². The number of amides is 4. The Kier molecular flexibility index (Phi) is 9.33. The summed E-state index contributed by atoms with van der Waals surface area (Å²) in [5.41, 5.74) is 0.686. The Labute approximate surface area is 259 Å². The van der Waals surface area contributed by atoms with E-state index in [1.165, 1.54) is 22.8 Å². The second-order valence-corrected chi connectivity index (χ2v) is 11.4. The first kappa shape index (κ1) is 31.8. The predicted molar refractivity (Wildman–Crippen MR) is 161 cm³/mol. The molecule has 2 saturated heterocycles. The first-order valence-electron chi connectivity index (χ1n) is 14.8. The number of hydrogen-bond donors (Lipinski definition) is 3. The number of urea groups is 1. The molecule has 0 spiro atoms. The fraction of sp³-hybridized carbons (Fsp3) is 0.500. The smallest absolute Gasteiger partial charge is 0.335 e. The highest BCUT2D eigenvalue weighted by atomic mass is 19.4. The Morgan fingerprint density at radius 2 is 1.80 bits per heavy atom. The maximum atomic E-state index is 13.7. The number of alkyl halides is 3. The van der Waals surface area contributed by atoms with E-state index in [1.807, 2.05) is 0 Å². The average Bonchev–Trinajstić information content (AvgIpc) is 3.61. The minimum Gasteiger partial charge on any atom is -0.335 e. The van der Waals surface area contributed by atoms with Gasteiger partial charge in [0.05, 0.1) is 19.0 Å². The molecule has 15 heteroatoms. The number of hydrazone groups is 1. The number of aromatic nitrogens is 2. The molecule has 3 aliphatic heterocycles. The third-order valence-corrected chi connectivity index (χ3v) is 8.36. The minimum atomic E-state index is -4.67. The van der Waals surface area contributed by atoms with Gasteiger partial charge in [-0.25, -0.2) is 9.78 Å². The number of anilines is 1. The van der Waals surface area contributed by atoms with Crippen LogP contribution in [0.4, 0.5) is 23.7 Å². The van der Waals surface area contributed by atoms with E-state index in [-0.39, 0.29) is 42.6 Å². The number of hydrogen-bond acceptors (Lipinski definition) is 7. The van der Waals surface area contributed by atoms with Crippen LogP contribution in [0.15, 0.2) is 29.5 Å². The lowest BCUT2D eigenvalue weighted by atomic mass is 10.00. The molecule has 3 aliphatic rings. The molecule has 45 heavy (non-hydrogen) atoms. The summed E-state index contributed by atoms with van der Waals surface area (Å²) in [6, 6.07) is 4.92. The van der Waals surface area contributed by atoms with Crippen molar-refractivity contribution in [1.29, 1.82) is 0 Å². The van der Waals surface area contributed by atoms with Gasteiger partial charge in [0.25, 0.3) is 11.8 Å². The molecule has 0 radical (unpaired) electrons. The van der Waals surface area contributed by atoms with E-state index in [2.05, 4.69) is 32.0 Å². The van der Waals surface area contributed by atoms with Crippen molar-refractivity contribution in [3.63, 3.8) is 0 Å². The highest BCUT2D eigenvalue weighted by Gasteiger charge is 2.47. The molecule has 2 aromatic rings. The number of piperazine rings is 1. The van der Waals surface area contributed by atoms with Gasteiger partial charge < -0.3 is 30.3 Å². The molecule has 2 fully saturated rings. The lowest BCUT2D eigenvalue weighted by Gasteiger charge is -2.36. The normalized spacial score (nSPS) is 19.2. The number of nitrogens with one attached hydrogen (secondary N) is 3. The molecule has 4 heterocycles. The molecule has 1 aromatic carbocycles. The van der Waals surface area contributed by atoms with Crippen molar-refractivity contribution in [3.05, 3.63) is 47.0 Å². The molecule has 12 nitrogen and oxygen atoms in total. The summed E-state index contributed by atoms with van der Waals surface area (Å²) < 4.78 is 42.4. The Hall–Kier alpha value is -4.58. The second kappa shape index (κ2) is 13.2. The van der Waals surface area contributed by atoms with Gasteiger partial charge in [0.15, 0.2) is 11.5 Å². The molecule has 1 aromatic heterocycles. The van der Waals surface area contributed by atoms with Crippen molar-refractivity contribution < 1.29 is 27.6 Å². The van der Waals surface area contributed by atoms with Gasteiger partial charge in [-0.2, -0.15) is 18.3 Å². The predicted octanol–water partition coefficient (Wildman–Crippen LogP) is 2.15. The molecule has 1 atom stereocenters. The van der Waals surface area contributed by atoms with E-state index in [9.17, 15) is 27.6 Å². The summed E-state index contributed by atoms with van der Waals surface area (Å²) in [4.78, 5) is 46.6. The van der Waals surface area contributed by atoms with E-state index in [0.717, 1.165) is 25.9 Å². The van der Waals surface area contributed by atoms with Crippen molar-refractivity contribution in [2.75, 3.05) is 57.7 Å². The van der Waals surface area contributed by atoms with Gasteiger partial charge in [-0.15, -0.1) is 6.42 Å². The van der Waals surface area contributed by atoms with Crippen molar-refractivity contribution >= 4 is 29.2 Å². The van der Waals surface area contributed by atoms with Crippen LogP contribution in [0.2, 0.25) is 0 Å². The molecule has 1 unspecified atom stereocenters. The summed E-state index contributed by atoms with van der Waals surface area (Å²) in [7, 11) is 1.47. The lowest BCUT2D eigenvalue weighted by molar-refractivity contribution is -0.0609. The fourth-order valence-electron chi connectivity index (χ4n) is 5.89. The summed E-state index contributed by atoms with van der Waals surface area (Å²) in [6.45, 7) is 5.02. The third kappa shape index (κ3) is 7.06. The first-order valence-corrected chi connectivity index (χ1v) is 14.8. The average molecular weight is 628 g/mol. The zero-order valence-electron chi connectivity index (χ0n) is 25.2. The summed E-state index contributed by atoms with van der Waals surface area (Å²) in [6.07, 6.45) is 3.62. The molecule has 240 valence electrons. The zero-order chi connectivity index (χ0) is 32.3. The molecule has 3 N–H and O–H groups in total. The molecule has 5 rings (SSSR count). The van der Waals surface area contributed by atoms with Crippen LogP contribution in [0, 0.1) is 19.3 Å². The standard InChI is InChI=1S/C30H36F3N9O3/c1-4-11-42-18-23(25(38-42)30(31,32)33)24-17-35-26(39(24)3)27(43)36-21-5-6-22(19(2)16-21)28(44)40-12-14-41(15-13-40)29(45)37-20-7-9-34-10-8-20/h1,5-6,16-17,20,23,34H,7-15,18H2,2-3H3,(H,36,43)(H,37,45). The zero-order valence-corrected chi connectivity index (χ0v) is 25.2. The van der Waals surface area contributed by atoms with Crippen LogP contribution in [0.3, 0.4) is 0 Å². The van der Waals surface area contributed by atoms with Crippen LogP contribution < -0.4 is 16.0 Å². The maximum Gasteiger partial charge on any atom is 0.431 e. The molecular formula is C30H36F3N9O3. The van der Waals surface area contributed by atoms with Crippen molar-refractivity contribution in [2.45, 2.75) is 37.9 Å². The van der Waals surface area contributed by atoms with Gasteiger partial charge in [0, 0.05) is 62.4 Å². The molecular weight excluding hydrogens is 591 g/mol. The Morgan fingerprint density at radius 1 is 1.11 bits per heavy atom. The fourth-order valence-corrected chi connectivity index (χ4v) is 5.89. The SMILES string of the molecule is C#CCN1CC(c2cnc(C(=O)Nc3ccc(C(=O)N4CCN(C(=O)NC5CCNCC5)CC4)c(C)c3)n2C)C(C(F)(F)F)=N1. The summed E-state index contributed by atoms with van der Waals surface area (Å²) in [5.74, 6) is 0.264. The Bertz CT molecular complexity index is 1520. The van der Waals surface area contributed by atoms with Crippen LogP contribution in [0.5, 0.6) is 0 Å². The van der Waals surface area contributed by atoms with Gasteiger partial charge in [-0.05, 0) is 56.6 Å². The van der Waals surface area contributed by atoms with Crippen molar-refractivity contribution in [2.24, 2.45) is 12.1 Å². The largest absolute Gasteiger partial charge is 0.431 e. The number of aryl methyl sites for hydroxylation is 1. The monoisotopic (exact) mass is 627 g/mol. The number of piperidine rings is 1. The van der Waals surface area contributed by atoms with Crippen LogP contribution >= 0.6 is 0 Å². The number of rotatable bonds is 6. The third-order valence-electron chi connectivity index (χ3n) is 8.36. The highest BCUT2D eigenvalue weighted by molar-refractivity contribution is 6.03. The summed E-state index contributed by atoms with van der Waals surface area (Å²) >= 11 is 0. The molecule has 0 bridgehead atoms. The number of imidazole rings is 1. The van der Waals surface area contributed by atoms with E-state index in [4.69, 9.17) is 6.42 Å². The molecule has 0 aliphatic carbocycles. The number of terminal acetylenes is 1. The van der Waals surface area contributed by atoms with Crippen molar-refractivity contribution in [1.82, 2.24) is 35.0 Å². The number of halogens is 3. The van der Waals surface area contributed by atoms with Gasteiger partial charge >= 0.3 is 12.2 Å². The quantitative estimate of drug-likeness (QED) is 0.422. The molecule has 0 saturated carbocycles. The van der Waals surface area contributed by atoms with Gasteiger partial charge in [-0.1, -0.05) is 5.92 Å². The van der Waals surface area contributed by atoms with Crippen LogP contribution in [-0.2, 0) is 7.05 Å². The number of benzene rings is 1. The van der Waals surface area contributed by atoms with Gasteiger partial charge in [0.2, 0.25) is 0 Å². The first-order chi connectivity index (χ1) is 21.5. The Balaban J connectivity index is 1.19. The van der Waals surface area contributed by atoms with Crippen LogP contribution in [0.1, 0.15) is 51.0 Å². The number of carbonyl (C=O) groups excluding carboxylic acids is 3. The minimum absolute atomic E-state index is 0.0783. The van der Waals surface area contributed by atoms with E-state index in [1.54, 1.807) is 34.9 Å². The number of carbonyl (C=O) groups is 3. The topological polar surface area (TPSA) is 127 Å². The van der Waals surface area contributed by atoms with Gasteiger partial charge in [0.1, 0.15) is 0 Å².